The van der Waals surface area contributed by atoms with E-state index in [0.717, 1.165) is 10.9 Å². The third-order valence-corrected chi connectivity index (χ3v) is 3.99. The number of carbonyl (C=O) groups is 1. The number of aromatic nitrogens is 1. The minimum Gasteiger partial charge on any atom is -0.346 e. The van der Waals surface area contributed by atoms with E-state index in [1.807, 2.05) is 37.3 Å². The molecule has 0 fully saturated rings. The average molecular weight is 306 g/mol. The molecular weight excluding hydrogens is 288 g/mol. The molecule has 0 bridgehead atoms. The Morgan fingerprint density at radius 1 is 1.04 bits per heavy atom. The molecular formula is C19H18N2O2. The molecule has 3 aromatic rings. The fourth-order valence-electron chi connectivity index (χ4n) is 2.53. The number of benzene rings is 2. The lowest BCUT2D eigenvalue weighted by atomic mass is 10.0. The Kier molecular flexibility index (Phi) is 3.98. The molecule has 0 aliphatic rings. The third kappa shape index (κ3) is 3.16. The van der Waals surface area contributed by atoms with Crippen LogP contribution in [0.15, 0.2) is 65.6 Å². The van der Waals surface area contributed by atoms with Crippen LogP contribution in [0, 0.1) is 0 Å². The van der Waals surface area contributed by atoms with Gasteiger partial charge >= 0.3 is 0 Å². The predicted octanol–water partition coefficient (Wildman–Crippen LogP) is 3.03. The van der Waals surface area contributed by atoms with Gasteiger partial charge in [-0.25, -0.2) is 0 Å². The number of nitrogens with one attached hydrogen (secondary N) is 1. The Hall–Kier alpha value is -2.88. The summed E-state index contributed by atoms with van der Waals surface area (Å²) in [4.78, 5) is 23.9. The zero-order valence-corrected chi connectivity index (χ0v) is 13.1. The number of hydrogen-bond donors (Lipinski definition) is 1. The molecule has 0 spiro atoms. The molecule has 1 N–H and O–H groups in total. The topological polar surface area (TPSA) is 51.1 Å². The van der Waals surface area contributed by atoms with E-state index < -0.39 is 0 Å². The maximum absolute atomic E-state index is 12.3. The van der Waals surface area contributed by atoms with Crippen LogP contribution in [0.4, 0.5) is 0 Å². The molecule has 116 valence electrons. The van der Waals surface area contributed by atoms with Crippen LogP contribution < -0.4 is 10.9 Å². The second kappa shape index (κ2) is 6.08. The molecule has 4 heteroatoms. The van der Waals surface area contributed by atoms with Crippen molar-refractivity contribution in [3.63, 3.8) is 0 Å². The van der Waals surface area contributed by atoms with E-state index >= 15 is 0 Å². The van der Waals surface area contributed by atoms with Crippen molar-refractivity contribution in [2.24, 2.45) is 7.05 Å². The number of pyridine rings is 1. The highest BCUT2D eigenvalue weighted by Crippen LogP contribution is 2.20. The Balaban J connectivity index is 1.81. The van der Waals surface area contributed by atoms with Crippen LogP contribution in [0.25, 0.3) is 10.8 Å². The lowest BCUT2D eigenvalue weighted by Gasteiger charge is -2.15. The van der Waals surface area contributed by atoms with Crippen molar-refractivity contribution >= 4 is 16.7 Å². The van der Waals surface area contributed by atoms with Gasteiger partial charge in [-0.1, -0.05) is 36.4 Å². The molecule has 0 aliphatic heterocycles. The van der Waals surface area contributed by atoms with Gasteiger partial charge < -0.3 is 9.88 Å². The van der Waals surface area contributed by atoms with E-state index in [9.17, 15) is 9.59 Å². The molecule has 23 heavy (non-hydrogen) atoms. The smallest absolute Gasteiger partial charge is 0.252 e. The Morgan fingerprint density at radius 3 is 2.52 bits per heavy atom. The summed E-state index contributed by atoms with van der Waals surface area (Å²) < 4.78 is 1.43. The highest BCUT2D eigenvalue weighted by atomic mass is 16.2. The van der Waals surface area contributed by atoms with Gasteiger partial charge in [0.1, 0.15) is 0 Å². The predicted molar refractivity (Wildman–Crippen MR) is 91.5 cm³/mol. The average Bonchev–Trinajstić information content (AvgIpc) is 2.56. The van der Waals surface area contributed by atoms with Gasteiger partial charge in [0.25, 0.3) is 11.5 Å². The van der Waals surface area contributed by atoms with Crippen LogP contribution in [0.3, 0.4) is 0 Å². The first-order valence-corrected chi connectivity index (χ1v) is 7.51. The summed E-state index contributed by atoms with van der Waals surface area (Å²) >= 11 is 0. The maximum atomic E-state index is 12.3. The van der Waals surface area contributed by atoms with Gasteiger partial charge in [0.2, 0.25) is 0 Å². The molecule has 4 nitrogen and oxygen atoms in total. The first-order valence-electron chi connectivity index (χ1n) is 7.51. The van der Waals surface area contributed by atoms with Crippen LogP contribution in [0.5, 0.6) is 0 Å². The standard InChI is InChI=1S/C19H18N2O2/c1-13(15-8-7-14-5-3-4-6-16(14)11-15)20-19(23)17-9-10-21(2)18(22)12-17/h3-13H,1-2H3,(H,20,23). The first kappa shape index (κ1) is 15.0. The van der Waals surface area contributed by atoms with Crippen LogP contribution in [-0.2, 0) is 7.05 Å². The van der Waals surface area contributed by atoms with E-state index in [0.29, 0.717) is 5.56 Å². The van der Waals surface area contributed by atoms with Gasteiger partial charge in [0.15, 0.2) is 0 Å². The molecule has 2 aromatic carbocycles. The monoisotopic (exact) mass is 306 g/mol. The lowest BCUT2D eigenvalue weighted by molar-refractivity contribution is 0.0939. The molecule has 1 atom stereocenters. The minimum atomic E-state index is -0.247. The Bertz CT molecular complexity index is 928. The largest absolute Gasteiger partial charge is 0.346 e. The first-order chi connectivity index (χ1) is 11.0. The van der Waals surface area contributed by atoms with E-state index in [1.54, 1.807) is 19.3 Å². The third-order valence-electron chi connectivity index (χ3n) is 3.99. The van der Waals surface area contributed by atoms with Crippen LogP contribution in [0.2, 0.25) is 0 Å². The molecule has 1 aromatic heterocycles. The Labute approximate surface area is 134 Å². The zero-order valence-electron chi connectivity index (χ0n) is 13.1. The molecule has 1 heterocycles. The number of amides is 1. The zero-order chi connectivity index (χ0) is 16.4. The number of carbonyl (C=O) groups excluding carboxylic acids is 1. The summed E-state index contributed by atoms with van der Waals surface area (Å²) in [5, 5.41) is 5.24. The quantitative estimate of drug-likeness (QED) is 0.808. The fraction of sp³-hybridized carbons (Fsp3) is 0.158. The number of nitrogens with zero attached hydrogens (tertiary/aromatic N) is 1. The second-order valence-electron chi connectivity index (χ2n) is 5.67. The van der Waals surface area contributed by atoms with Gasteiger partial charge in [-0.15, -0.1) is 0 Å². The van der Waals surface area contributed by atoms with Crippen molar-refractivity contribution in [2.75, 3.05) is 0 Å². The van der Waals surface area contributed by atoms with Crippen molar-refractivity contribution < 1.29 is 4.79 Å². The molecule has 0 saturated heterocycles. The molecule has 0 radical (unpaired) electrons. The normalized spacial score (nSPS) is 12.1. The van der Waals surface area contributed by atoms with Crippen molar-refractivity contribution in [1.29, 1.82) is 0 Å². The summed E-state index contributed by atoms with van der Waals surface area (Å²) in [6.07, 6.45) is 1.60. The van der Waals surface area contributed by atoms with Gasteiger partial charge in [-0.3, -0.25) is 9.59 Å². The fourth-order valence-corrected chi connectivity index (χ4v) is 2.53. The molecule has 0 saturated carbocycles. The Morgan fingerprint density at radius 2 is 1.78 bits per heavy atom. The second-order valence-corrected chi connectivity index (χ2v) is 5.67. The van der Waals surface area contributed by atoms with E-state index in [-0.39, 0.29) is 17.5 Å². The van der Waals surface area contributed by atoms with Crippen LogP contribution in [-0.4, -0.2) is 10.5 Å². The number of aryl methyl sites for hydroxylation is 1. The number of fused-ring (bicyclic) bond motifs is 1. The van der Waals surface area contributed by atoms with E-state index in [1.165, 1.54) is 16.0 Å². The van der Waals surface area contributed by atoms with Crippen molar-refractivity contribution in [3.8, 4) is 0 Å². The number of hydrogen-bond acceptors (Lipinski definition) is 2. The summed E-state index contributed by atoms with van der Waals surface area (Å²) in [5.41, 5.74) is 1.21. The van der Waals surface area contributed by atoms with Crippen LogP contribution in [0.1, 0.15) is 28.9 Å². The van der Waals surface area contributed by atoms with E-state index in [4.69, 9.17) is 0 Å². The minimum absolute atomic E-state index is 0.142. The van der Waals surface area contributed by atoms with E-state index in [2.05, 4.69) is 17.4 Å². The van der Waals surface area contributed by atoms with Crippen molar-refractivity contribution in [2.45, 2.75) is 13.0 Å². The van der Waals surface area contributed by atoms with Gasteiger partial charge in [0, 0.05) is 24.9 Å². The highest BCUT2D eigenvalue weighted by Gasteiger charge is 2.12. The SMILES string of the molecule is CC(NC(=O)c1ccn(C)c(=O)c1)c1ccc2ccccc2c1. The molecule has 3 rings (SSSR count). The van der Waals surface area contributed by atoms with Gasteiger partial charge in [0.05, 0.1) is 6.04 Å². The summed E-state index contributed by atoms with van der Waals surface area (Å²) in [7, 11) is 1.65. The molecule has 1 unspecified atom stereocenters. The molecule has 0 aliphatic carbocycles. The molecule has 1 amide bonds. The highest BCUT2D eigenvalue weighted by molar-refractivity contribution is 5.94. The van der Waals surface area contributed by atoms with Crippen molar-refractivity contribution in [3.05, 3.63) is 82.3 Å². The summed E-state index contributed by atoms with van der Waals surface area (Å²) in [6, 6.07) is 17.1. The maximum Gasteiger partial charge on any atom is 0.252 e. The van der Waals surface area contributed by atoms with Gasteiger partial charge in [-0.2, -0.15) is 0 Å². The summed E-state index contributed by atoms with van der Waals surface area (Å²) in [5.74, 6) is -0.247. The van der Waals surface area contributed by atoms with Crippen molar-refractivity contribution in [1.82, 2.24) is 9.88 Å². The van der Waals surface area contributed by atoms with Crippen LogP contribution >= 0.6 is 0 Å². The van der Waals surface area contributed by atoms with Gasteiger partial charge in [-0.05, 0) is 35.4 Å². The lowest BCUT2D eigenvalue weighted by Crippen LogP contribution is -2.28. The number of rotatable bonds is 3. The summed E-state index contributed by atoms with van der Waals surface area (Å²) in [6.45, 7) is 1.93.